The summed E-state index contributed by atoms with van der Waals surface area (Å²) in [6, 6.07) is 9.56. The van der Waals surface area contributed by atoms with Crippen molar-refractivity contribution in [2.75, 3.05) is 13.2 Å². The van der Waals surface area contributed by atoms with Gasteiger partial charge in [-0.05, 0) is 42.5 Å². The van der Waals surface area contributed by atoms with Gasteiger partial charge in [0.05, 0.1) is 6.10 Å². The summed E-state index contributed by atoms with van der Waals surface area (Å²) in [5.74, 6) is -0.731. The highest BCUT2D eigenvalue weighted by Crippen LogP contribution is 2.22. The molecule has 0 bridgehead atoms. The number of carbonyl (C=O) groups is 2. The van der Waals surface area contributed by atoms with Crippen LogP contribution in [0.15, 0.2) is 51.0 Å². The molecule has 2 aromatic heterocycles. The fraction of sp³-hybridized carbons (Fsp3) is 0.250. The van der Waals surface area contributed by atoms with Crippen LogP contribution >= 0.6 is 11.3 Å². The zero-order valence-electron chi connectivity index (χ0n) is 14.8. The van der Waals surface area contributed by atoms with Gasteiger partial charge in [0, 0.05) is 24.6 Å². The molecule has 3 aromatic rings. The molecule has 1 aliphatic rings. The van der Waals surface area contributed by atoms with E-state index in [1.165, 1.54) is 23.5 Å². The van der Waals surface area contributed by atoms with Gasteiger partial charge in [-0.2, -0.15) is 0 Å². The van der Waals surface area contributed by atoms with Crippen LogP contribution < -0.4 is 15.7 Å². The monoisotopic (exact) mass is 399 g/mol. The van der Waals surface area contributed by atoms with E-state index < -0.39 is 17.5 Å². The predicted octanol–water partition coefficient (Wildman–Crippen LogP) is 2.98. The summed E-state index contributed by atoms with van der Waals surface area (Å²) in [6.45, 7) is 1.05. The highest BCUT2D eigenvalue weighted by molar-refractivity contribution is 7.12. The highest BCUT2D eigenvalue weighted by atomic mass is 32.1. The van der Waals surface area contributed by atoms with Crippen molar-refractivity contribution < 1.29 is 23.5 Å². The quantitative estimate of drug-likeness (QED) is 0.403. The van der Waals surface area contributed by atoms with Crippen molar-refractivity contribution in [3.8, 4) is 5.75 Å². The van der Waals surface area contributed by atoms with Gasteiger partial charge in [-0.3, -0.25) is 4.79 Å². The molecule has 1 aliphatic heterocycles. The lowest BCUT2D eigenvalue weighted by molar-refractivity contribution is 0.0739. The average Bonchev–Trinajstić information content (AvgIpc) is 3.39. The Balaban J connectivity index is 1.51. The second-order valence-electron chi connectivity index (χ2n) is 6.36. The summed E-state index contributed by atoms with van der Waals surface area (Å²) >= 11 is 1.27. The van der Waals surface area contributed by atoms with Crippen LogP contribution in [-0.4, -0.2) is 31.1 Å². The van der Waals surface area contributed by atoms with Crippen molar-refractivity contribution in [1.29, 1.82) is 0 Å². The summed E-state index contributed by atoms with van der Waals surface area (Å²) in [5.41, 5.74) is -0.593. The number of nitrogens with one attached hydrogen (secondary N) is 1. The molecule has 1 atom stereocenters. The number of hydrogen-bond donors (Lipinski definition) is 1. The standard InChI is InChI=1S/C20H17NO6S/c22-18(21-11-14-3-1-7-25-14)15-9-12-5-6-13(10-16(12)27-19(15)23)26-20(24)17-4-2-8-28-17/h2,4-6,8-10,14H,1,3,7,11H2,(H,21,22). The number of esters is 1. The van der Waals surface area contributed by atoms with Gasteiger partial charge in [0.1, 0.15) is 21.8 Å². The molecule has 1 amide bonds. The van der Waals surface area contributed by atoms with Crippen LogP contribution in [0, 0.1) is 0 Å². The Bertz CT molecular complexity index is 1070. The molecule has 0 spiro atoms. The first-order valence-electron chi connectivity index (χ1n) is 8.83. The van der Waals surface area contributed by atoms with Gasteiger partial charge in [0.25, 0.3) is 5.91 Å². The van der Waals surface area contributed by atoms with Crippen LogP contribution in [0.4, 0.5) is 0 Å². The van der Waals surface area contributed by atoms with Gasteiger partial charge in [-0.25, -0.2) is 9.59 Å². The van der Waals surface area contributed by atoms with Gasteiger partial charge in [0.15, 0.2) is 0 Å². The molecule has 1 N–H and O–H groups in total. The summed E-state index contributed by atoms with van der Waals surface area (Å²) in [4.78, 5) is 37.0. The van der Waals surface area contributed by atoms with Crippen molar-refractivity contribution in [3.05, 3.63) is 62.6 Å². The Morgan fingerprint density at radius 1 is 1.25 bits per heavy atom. The van der Waals surface area contributed by atoms with Crippen LogP contribution in [0.2, 0.25) is 0 Å². The van der Waals surface area contributed by atoms with Crippen LogP contribution in [-0.2, 0) is 4.74 Å². The predicted molar refractivity (Wildman–Crippen MR) is 103 cm³/mol. The van der Waals surface area contributed by atoms with E-state index in [2.05, 4.69) is 5.32 Å². The zero-order chi connectivity index (χ0) is 19.5. The third kappa shape index (κ3) is 3.97. The van der Waals surface area contributed by atoms with Crippen LogP contribution in [0.5, 0.6) is 5.75 Å². The van der Waals surface area contributed by atoms with Crippen LogP contribution in [0.1, 0.15) is 32.9 Å². The number of carbonyl (C=O) groups excluding carboxylic acids is 2. The number of thiophene rings is 1. The lowest BCUT2D eigenvalue weighted by atomic mass is 10.1. The van der Waals surface area contributed by atoms with Crippen molar-refractivity contribution in [1.82, 2.24) is 5.32 Å². The van der Waals surface area contributed by atoms with Gasteiger partial charge >= 0.3 is 11.6 Å². The number of amides is 1. The summed E-state index contributed by atoms with van der Waals surface area (Å²) in [7, 11) is 0. The molecule has 0 saturated carbocycles. The molecular formula is C20H17NO6S. The molecule has 0 radical (unpaired) electrons. The number of fused-ring (bicyclic) bond motifs is 1. The number of hydrogen-bond acceptors (Lipinski definition) is 7. The molecule has 1 saturated heterocycles. The Morgan fingerprint density at radius 3 is 2.89 bits per heavy atom. The summed E-state index contributed by atoms with van der Waals surface area (Å²) < 4.78 is 16.0. The second kappa shape index (κ2) is 7.95. The third-order valence-electron chi connectivity index (χ3n) is 4.40. The van der Waals surface area contributed by atoms with Crippen molar-refractivity contribution in [3.63, 3.8) is 0 Å². The minimum absolute atomic E-state index is 0.0166. The molecule has 1 fully saturated rings. The molecule has 1 unspecified atom stereocenters. The Kier molecular flexibility index (Phi) is 5.23. The maximum absolute atomic E-state index is 12.3. The molecular weight excluding hydrogens is 382 g/mol. The van der Waals surface area contributed by atoms with Crippen molar-refractivity contribution >= 4 is 34.2 Å². The fourth-order valence-corrected chi connectivity index (χ4v) is 3.57. The number of benzene rings is 1. The van der Waals surface area contributed by atoms with E-state index in [0.29, 0.717) is 23.4 Å². The Morgan fingerprint density at radius 2 is 2.14 bits per heavy atom. The first kappa shape index (κ1) is 18.4. The molecule has 28 heavy (non-hydrogen) atoms. The average molecular weight is 399 g/mol. The molecule has 144 valence electrons. The molecule has 0 aliphatic carbocycles. The van der Waals surface area contributed by atoms with Gasteiger partial charge in [0.2, 0.25) is 0 Å². The highest BCUT2D eigenvalue weighted by Gasteiger charge is 2.19. The van der Waals surface area contributed by atoms with E-state index in [0.717, 1.165) is 12.8 Å². The Labute approximate surface area is 163 Å². The zero-order valence-corrected chi connectivity index (χ0v) is 15.6. The van der Waals surface area contributed by atoms with E-state index in [-0.39, 0.29) is 23.0 Å². The fourth-order valence-electron chi connectivity index (χ4n) is 2.97. The summed E-state index contributed by atoms with van der Waals surface area (Å²) in [5, 5.41) is 5.04. The smallest absolute Gasteiger partial charge is 0.353 e. The minimum atomic E-state index is -0.751. The van der Waals surface area contributed by atoms with Crippen molar-refractivity contribution in [2.24, 2.45) is 0 Å². The van der Waals surface area contributed by atoms with E-state index >= 15 is 0 Å². The lowest BCUT2D eigenvalue weighted by Crippen LogP contribution is -2.34. The third-order valence-corrected chi connectivity index (χ3v) is 5.25. The maximum atomic E-state index is 12.3. The Hall–Kier alpha value is -2.97. The molecule has 1 aromatic carbocycles. The first-order valence-corrected chi connectivity index (χ1v) is 9.71. The molecule has 3 heterocycles. The van der Waals surface area contributed by atoms with Crippen molar-refractivity contribution in [2.45, 2.75) is 18.9 Å². The van der Waals surface area contributed by atoms with Gasteiger partial charge < -0.3 is 19.2 Å². The second-order valence-corrected chi connectivity index (χ2v) is 7.31. The van der Waals surface area contributed by atoms with E-state index in [1.54, 1.807) is 29.6 Å². The van der Waals surface area contributed by atoms with E-state index in [9.17, 15) is 14.4 Å². The molecule has 7 nitrogen and oxygen atoms in total. The van der Waals surface area contributed by atoms with Gasteiger partial charge in [-0.1, -0.05) is 6.07 Å². The molecule has 4 rings (SSSR count). The maximum Gasteiger partial charge on any atom is 0.353 e. The van der Waals surface area contributed by atoms with Crippen LogP contribution in [0.3, 0.4) is 0 Å². The van der Waals surface area contributed by atoms with Gasteiger partial charge in [-0.15, -0.1) is 11.3 Å². The normalized spacial score (nSPS) is 16.2. The van der Waals surface area contributed by atoms with E-state index in [1.807, 2.05) is 0 Å². The number of ether oxygens (including phenoxy) is 2. The van der Waals surface area contributed by atoms with E-state index in [4.69, 9.17) is 13.9 Å². The topological polar surface area (TPSA) is 94.8 Å². The lowest BCUT2D eigenvalue weighted by Gasteiger charge is -2.10. The summed E-state index contributed by atoms with van der Waals surface area (Å²) in [6.07, 6.45) is 1.84. The largest absolute Gasteiger partial charge is 0.422 e. The van der Waals surface area contributed by atoms with Crippen LogP contribution in [0.25, 0.3) is 11.0 Å². The molecule has 8 heteroatoms. The number of rotatable bonds is 5. The minimum Gasteiger partial charge on any atom is -0.422 e. The first-order chi connectivity index (χ1) is 13.6. The SMILES string of the molecule is O=C(Oc1ccc2cc(C(=O)NCC3CCCO3)c(=O)oc2c1)c1cccs1.